The first kappa shape index (κ1) is 24.8. The first-order valence-electron chi connectivity index (χ1n) is 12.4. The van der Waals surface area contributed by atoms with E-state index in [4.69, 9.17) is 15.2 Å². The topological polar surface area (TPSA) is 89.4 Å². The van der Waals surface area contributed by atoms with Crippen molar-refractivity contribution in [3.63, 3.8) is 0 Å². The van der Waals surface area contributed by atoms with Crippen molar-refractivity contribution in [1.82, 2.24) is 10.3 Å². The Balaban J connectivity index is 1.15. The van der Waals surface area contributed by atoms with Crippen molar-refractivity contribution in [3.05, 3.63) is 56.7 Å². The van der Waals surface area contributed by atoms with Crippen molar-refractivity contribution in [2.75, 3.05) is 27.3 Å². The Morgan fingerprint density at radius 1 is 1.09 bits per heavy atom. The van der Waals surface area contributed by atoms with E-state index in [0.29, 0.717) is 5.92 Å². The van der Waals surface area contributed by atoms with Gasteiger partial charge in [0.2, 0.25) is 0 Å². The van der Waals surface area contributed by atoms with E-state index in [1.54, 1.807) is 14.2 Å². The van der Waals surface area contributed by atoms with Crippen molar-refractivity contribution in [3.8, 4) is 11.5 Å². The molecule has 0 saturated carbocycles. The summed E-state index contributed by atoms with van der Waals surface area (Å²) in [7, 11) is 3.41. The summed E-state index contributed by atoms with van der Waals surface area (Å²) in [6.45, 7) is 2.00. The first-order valence-corrected chi connectivity index (χ1v) is 13.2. The fraction of sp³-hybridized carbons (Fsp3) is 0.519. The average molecular weight is 484 g/mol. The van der Waals surface area contributed by atoms with Crippen LogP contribution in [0.4, 0.5) is 0 Å². The second-order valence-corrected chi connectivity index (χ2v) is 10.2. The molecule has 0 saturated heterocycles. The van der Waals surface area contributed by atoms with Crippen molar-refractivity contribution in [2.45, 2.75) is 63.3 Å². The van der Waals surface area contributed by atoms with Crippen LogP contribution in [-0.2, 0) is 12.8 Å². The lowest BCUT2D eigenvalue weighted by molar-refractivity contribution is 0.343. The van der Waals surface area contributed by atoms with Crippen LogP contribution in [0.3, 0.4) is 0 Å². The second kappa shape index (κ2) is 11.9. The summed E-state index contributed by atoms with van der Waals surface area (Å²) >= 11 is 1.27. The summed E-state index contributed by atoms with van der Waals surface area (Å²) in [5.41, 5.74) is 11.4. The van der Waals surface area contributed by atoms with Crippen molar-refractivity contribution in [1.29, 1.82) is 0 Å². The highest BCUT2D eigenvalue weighted by atomic mass is 32.1. The number of hydrogen-bond donors (Lipinski definition) is 3. The molecular formula is C27H37N3O3S. The Morgan fingerprint density at radius 3 is 2.76 bits per heavy atom. The third-order valence-corrected chi connectivity index (χ3v) is 7.88. The number of rotatable bonds is 12. The Hall–Kier alpha value is -2.35. The van der Waals surface area contributed by atoms with E-state index in [1.807, 2.05) is 12.1 Å². The van der Waals surface area contributed by atoms with Crippen LogP contribution in [0, 0.1) is 0 Å². The molecule has 34 heavy (non-hydrogen) atoms. The van der Waals surface area contributed by atoms with Gasteiger partial charge in [-0.2, -0.15) is 0 Å². The van der Waals surface area contributed by atoms with E-state index in [1.165, 1.54) is 53.7 Å². The number of nitrogens with two attached hydrogens (primary N) is 1. The van der Waals surface area contributed by atoms with Gasteiger partial charge in [-0.1, -0.05) is 42.7 Å². The van der Waals surface area contributed by atoms with Crippen LogP contribution in [0.25, 0.3) is 10.2 Å². The van der Waals surface area contributed by atoms with Gasteiger partial charge < -0.3 is 25.5 Å². The molecule has 7 heteroatoms. The highest BCUT2D eigenvalue weighted by Gasteiger charge is 2.29. The molecule has 1 aliphatic rings. The molecule has 0 bridgehead atoms. The molecule has 2 unspecified atom stereocenters. The average Bonchev–Trinajstić information content (AvgIpc) is 3.22. The molecule has 6 nitrogen and oxygen atoms in total. The number of fused-ring (bicyclic) bond motifs is 2. The summed E-state index contributed by atoms with van der Waals surface area (Å²) in [5.74, 6) is 2.09. The van der Waals surface area contributed by atoms with Gasteiger partial charge in [-0.25, -0.2) is 0 Å². The summed E-state index contributed by atoms with van der Waals surface area (Å²) < 4.78 is 12.2. The van der Waals surface area contributed by atoms with Gasteiger partial charge in [-0.3, -0.25) is 4.79 Å². The zero-order valence-corrected chi connectivity index (χ0v) is 21.1. The molecular weight excluding hydrogens is 446 g/mol. The van der Waals surface area contributed by atoms with E-state index in [-0.39, 0.29) is 10.9 Å². The van der Waals surface area contributed by atoms with E-state index in [2.05, 4.69) is 28.5 Å². The Bertz CT molecular complexity index is 1140. The largest absolute Gasteiger partial charge is 0.493 e. The molecule has 0 fully saturated rings. The lowest BCUT2D eigenvalue weighted by Crippen LogP contribution is -2.33. The minimum atomic E-state index is 0.0138. The normalized spacial score (nSPS) is 17.6. The molecule has 1 aromatic heterocycles. The van der Waals surface area contributed by atoms with Crippen LogP contribution in [0.1, 0.15) is 61.1 Å². The number of ether oxygens (including phenoxy) is 2. The van der Waals surface area contributed by atoms with E-state index < -0.39 is 0 Å². The van der Waals surface area contributed by atoms with Gasteiger partial charge in [0, 0.05) is 11.6 Å². The fourth-order valence-corrected chi connectivity index (χ4v) is 5.92. The van der Waals surface area contributed by atoms with Crippen LogP contribution in [0.15, 0.2) is 35.1 Å². The van der Waals surface area contributed by atoms with Gasteiger partial charge in [-0.05, 0) is 80.4 Å². The zero-order valence-electron chi connectivity index (χ0n) is 20.3. The van der Waals surface area contributed by atoms with Gasteiger partial charge in [0.05, 0.1) is 24.4 Å². The summed E-state index contributed by atoms with van der Waals surface area (Å²) in [6.07, 6.45) is 8.91. The van der Waals surface area contributed by atoms with Crippen LogP contribution in [0.2, 0.25) is 0 Å². The summed E-state index contributed by atoms with van der Waals surface area (Å²) in [6, 6.07) is 10.7. The number of thiazole rings is 1. The SMILES string of the molecule is COc1ccc2c(c1OC)CCC(N)C2CCCCCCNCCc1ccc2sc(=O)[nH]c2c1. The summed E-state index contributed by atoms with van der Waals surface area (Å²) in [5, 5.41) is 3.56. The zero-order chi connectivity index (χ0) is 23.9. The van der Waals surface area contributed by atoms with Gasteiger partial charge in [-0.15, -0.1) is 0 Å². The fourth-order valence-electron chi connectivity index (χ4n) is 5.20. The Labute approximate surface area is 205 Å². The van der Waals surface area contributed by atoms with Crippen LogP contribution >= 0.6 is 11.3 Å². The minimum absolute atomic E-state index is 0.0138. The number of unbranched alkanes of at least 4 members (excludes halogenated alkanes) is 3. The van der Waals surface area contributed by atoms with Crippen molar-refractivity contribution in [2.24, 2.45) is 5.73 Å². The van der Waals surface area contributed by atoms with E-state index in [0.717, 1.165) is 60.5 Å². The molecule has 2 atom stereocenters. The second-order valence-electron chi connectivity index (χ2n) is 9.23. The monoisotopic (exact) mass is 483 g/mol. The maximum Gasteiger partial charge on any atom is 0.305 e. The molecule has 1 heterocycles. The Kier molecular flexibility index (Phi) is 8.64. The number of hydrogen-bond acceptors (Lipinski definition) is 6. The van der Waals surface area contributed by atoms with Crippen LogP contribution in [-0.4, -0.2) is 38.3 Å². The van der Waals surface area contributed by atoms with Crippen molar-refractivity contribution >= 4 is 21.6 Å². The highest BCUT2D eigenvalue weighted by Crippen LogP contribution is 2.43. The van der Waals surface area contributed by atoms with Crippen LogP contribution in [0.5, 0.6) is 11.5 Å². The maximum atomic E-state index is 11.5. The van der Waals surface area contributed by atoms with Crippen molar-refractivity contribution < 1.29 is 9.47 Å². The molecule has 0 amide bonds. The summed E-state index contributed by atoms with van der Waals surface area (Å²) in [4.78, 5) is 14.4. The molecule has 0 spiro atoms. The lowest BCUT2D eigenvalue weighted by atomic mass is 9.76. The first-order chi connectivity index (χ1) is 16.6. The number of methoxy groups -OCH3 is 2. The molecule has 4 N–H and O–H groups in total. The third-order valence-electron chi connectivity index (χ3n) is 7.02. The number of H-pyrrole nitrogens is 1. The predicted molar refractivity (Wildman–Crippen MR) is 141 cm³/mol. The number of aromatic amines is 1. The van der Waals surface area contributed by atoms with Gasteiger partial charge >= 0.3 is 4.87 Å². The number of nitrogens with one attached hydrogen (secondary N) is 2. The minimum Gasteiger partial charge on any atom is -0.493 e. The lowest BCUT2D eigenvalue weighted by Gasteiger charge is -2.32. The molecule has 0 aliphatic heterocycles. The van der Waals surface area contributed by atoms with Gasteiger partial charge in [0.15, 0.2) is 11.5 Å². The quantitative estimate of drug-likeness (QED) is 0.324. The van der Waals surface area contributed by atoms with Gasteiger partial charge in [0.25, 0.3) is 0 Å². The van der Waals surface area contributed by atoms with E-state index >= 15 is 0 Å². The third kappa shape index (κ3) is 5.82. The number of aromatic nitrogens is 1. The molecule has 2 aromatic carbocycles. The maximum absolute atomic E-state index is 11.5. The Morgan fingerprint density at radius 2 is 1.94 bits per heavy atom. The number of benzene rings is 2. The molecule has 4 rings (SSSR count). The smallest absolute Gasteiger partial charge is 0.305 e. The molecule has 0 radical (unpaired) electrons. The highest BCUT2D eigenvalue weighted by molar-refractivity contribution is 7.16. The molecule has 184 valence electrons. The molecule has 1 aliphatic carbocycles. The van der Waals surface area contributed by atoms with Crippen LogP contribution < -0.4 is 25.4 Å². The van der Waals surface area contributed by atoms with Gasteiger partial charge in [0.1, 0.15) is 0 Å². The standard InChI is InChI=1S/C27H37N3O3S/c1-32-24-12-10-19-20(22(28)11-9-21(19)26(24)33-2)7-5-3-4-6-15-29-16-14-18-8-13-25-23(17-18)30-27(31)34-25/h8,10,12-13,17,20,22,29H,3-7,9,11,14-16,28H2,1-2H3,(H,30,31). The molecule has 3 aromatic rings. The predicted octanol–water partition coefficient (Wildman–Crippen LogP) is 4.75. The van der Waals surface area contributed by atoms with E-state index in [9.17, 15) is 4.79 Å².